The highest BCUT2D eigenvalue weighted by Gasteiger charge is 2.22. The predicted octanol–water partition coefficient (Wildman–Crippen LogP) is 2.98. The normalized spacial score (nSPS) is 10.5. The molecule has 0 saturated heterocycles. The van der Waals surface area contributed by atoms with E-state index >= 15 is 0 Å². The zero-order valence-corrected chi connectivity index (χ0v) is 10.2. The molecule has 1 heterocycles. The van der Waals surface area contributed by atoms with E-state index in [9.17, 15) is 13.6 Å². The molecule has 0 aliphatic carbocycles. The highest BCUT2D eigenvalue weighted by Crippen LogP contribution is 2.36. The maximum Gasteiger partial charge on any atom is 0.358 e. The van der Waals surface area contributed by atoms with Crippen LogP contribution in [-0.2, 0) is 0 Å². The van der Waals surface area contributed by atoms with Crippen LogP contribution in [0.25, 0.3) is 11.3 Å². The van der Waals surface area contributed by atoms with Crippen LogP contribution in [0, 0.1) is 11.6 Å². The molecule has 5 nitrogen and oxygen atoms in total. The van der Waals surface area contributed by atoms with Crippen LogP contribution in [0.15, 0.2) is 16.7 Å². The molecule has 1 aromatic carbocycles. The lowest BCUT2D eigenvalue weighted by Crippen LogP contribution is -1.96. The minimum atomic E-state index is -1.35. The lowest BCUT2D eigenvalue weighted by atomic mass is 10.1. The zero-order chi connectivity index (χ0) is 14.2. The fourth-order valence-corrected chi connectivity index (χ4v) is 1.72. The lowest BCUT2D eigenvalue weighted by molar-refractivity contribution is 0.0686. The third-order valence-electron chi connectivity index (χ3n) is 2.32. The number of benzene rings is 1. The van der Waals surface area contributed by atoms with Crippen LogP contribution in [0.3, 0.4) is 0 Å². The van der Waals surface area contributed by atoms with Crippen molar-refractivity contribution >= 4 is 17.6 Å². The average Bonchev–Trinajstić information content (AvgIpc) is 2.84. The molecule has 0 fully saturated rings. The van der Waals surface area contributed by atoms with Gasteiger partial charge in [0.05, 0.1) is 17.7 Å². The number of hydrogen-bond donors (Lipinski definition) is 1. The SMILES string of the molecule is COc1c(Cl)cc(-c2cc(C(=O)O)no2)c(F)c1F. The third kappa shape index (κ3) is 2.24. The molecule has 0 atom stereocenters. The van der Waals surface area contributed by atoms with E-state index in [4.69, 9.17) is 16.7 Å². The minimum absolute atomic E-state index is 0.176. The summed E-state index contributed by atoms with van der Waals surface area (Å²) in [6.45, 7) is 0. The van der Waals surface area contributed by atoms with Gasteiger partial charge in [0.2, 0.25) is 5.82 Å². The molecule has 0 unspecified atom stereocenters. The smallest absolute Gasteiger partial charge is 0.358 e. The first-order chi connectivity index (χ1) is 8.95. The Bertz CT molecular complexity index is 656. The fourth-order valence-electron chi connectivity index (χ4n) is 1.45. The van der Waals surface area contributed by atoms with Gasteiger partial charge >= 0.3 is 5.97 Å². The number of rotatable bonds is 3. The number of carboxylic acid groups (broad SMARTS) is 1. The van der Waals surface area contributed by atoms with Crippen LogP contribution in [0.1, 0.15) is 10.5 Å². The van der Waals surface area contributed by atoms with Crippen molar-refractivity contribution < 1.29 is 27.9 Å². The Balaban J connectivity index is 2.59. The summed E-state index contributed by atoms with van der Waals surface area (Å²) in [4.78, 5) is 10.6. The summed E-state index contributed by atoms with van der Waals surface area (Å²) in [6.07, 6.45) is 0. The molecule has 1 N–H and O–H groups in total. The van der Waals surface area contributed by atoms with Crippen molar-refractivity contribution in [1.29, 1.82) is 0 Å². The van der Waals surface area contributed by atoms with Crippen molar-refractivity contribution in [2.45, 2.75) is 0 Å². The molecule has 2 aromatic rings. The van der Waals surface area contributed by atoms with E-state index in [0.29, 0.717) is 0 Å². The highest BCUT2D eigenvalue weighted by atomic mass is 35.5. The van der Waals surface area contributed by atoms with Crippen molar-refractivity contribution in [2.75, 3.05) is 7.11 Å². The van der Waals surface area contributed by atoms with Crippen molar-refractivity contribution in [3.8, 4) is 17.1 Å². The zero-order valence-electron chi connectivity index (χ0n) is 9.41. The lowest BCUT2D eigenvalue weighted by Gasteiger charge is -2.07. The Labute approximate surface area is 110 Å². The first-order valence-electron chi connectivity index (χ1n) is 4.87. The van der Waals surface area contributed by atoms with Crippen molar-refractivity contribution in [3.63, 3.8) is 0 Å². The average molecular weight is 290 g/mol. The summed E-state index contributed by atoms with van der Waals surface area (Å²) in [5, 5.41) is 11.7. The number of halogens is 3. The Morgan fingerprint density at radius 3 is 2.63 bits per heavy atom. The standard InChI is InChI=1S/C11H6ClF2NO4/c1-18-10-5(12)2-4(8(13)9(10)14)7-3-6(11(16)17)15-19-7/h2-3H,1H3,(H,16,17). The van der Waals surface area contributed by atoms with Crippen LogP contribution in [0.4, 0.5) is 8.78 Å². The van der Waals surface area contributed by atoms with Gasteiger partial charge in [-0.05, 0) is 6.07 Å². The van der Waals surface area contributed by atoms with Gasteiger partial charge in [-0.2, -0.15) is 4.39 Å². The number of aromatic carboxylic acids is 1. The molecule has 0 radical (unpaired) electrons. The summed E-state index contributed by atoms with van der Waals surface area (Å²) in [5.41, 5.74) is -0.773. The molecular formula is C11H6ClF2NO4. The molecule has 0 bridgehead atoms. The van der Waals surface area contributed by atoms with E-state index in [-0.39, 0.29) is 16.3 Å². The van der Waals surface area contributed by atoms with Crippen molar-refractivity contribution in [2.24, 2.45) is 0 Å². The third-order valence-corrected chi connectivity index (χ3v) is 2.60. The maximum atomic E-state index is 13.8. The number of nitrogens with zero attached hydrogens (tertiary/aromatic N) is 1. The topological polar surface area (TPSA) is 72.6 Å². The van der Waals surface area contributed by atoms with Gasteiger partial charge in [0.15, 0.2) is 23.0 Å². The molecule has 0 amide bonds. The van der Waals surface area contributed by atoms with E-state index in [2.05, 4.69) is 14.4 Å². The second kappa shape index (κ2) is 4.85. The van der Waals surface area contributed by atoms with E-state index in [0.717, 1.165) is 19.2 Å². The Kier molecular flexibility index (Phi) is 3.39. The van der Waals surface area contributed by atoms with E-state index in [1.807, 2.05) is 0 Å². The second-order valence-electron chi connectivity index (χ2n) is 3.45. The van der Waals surface area contributed by atoms with E-state index in [1.165, 1.54) is 0 Å². The van der Waals surface area contributed by atoms with Gasteiger partial charge in [0.1, 0.15) is 0 Å². The van der Waals surface area contributed by atoms with Crippen LogP contribution < -0.4 is 4.74 Å². The number of carboxylic acids is 1. The summed E-state index contributed by atoms with van der Waals surface area (Å²) in [5.74, 6) is -4.61. The minimum Gasteiger partial charge on any atom is -0.492 e. The molecule has 8 heteroatoms. The van der Waals surface area contributed by atoms with Gasteiger partial charge in [-0.15, -0.1) is 0 Å². The first kappa shape index (κ1) is 13.3. The van der Waals surface area contributed by atoms with Crippen LogP contribution in [0.2, 0.25) is 5.02 Å². The molecule has 0 spiro atoms. The van der Waals surface area contributed by atoms with E-state index < -0.39 is 29.0 Å². The Morgan fingerprint density at radius 1 is 1.42 bits per heavy atom. The number of aromatic nitrogens is 1. The molecule has 2 rings (SSSR count). The van der Waals surface area contributed by atoms with E-state index in [1.54, 1.807) is 0 Å². The summed E-state index contributed by atoms with van der Waals surface area (Å²) in [7, 11) is 1.14. The second-order valence-corrected chi connectivity index (χ2v) is 3.86. The van der Waals surface area contributed by atoms with Gasteiger partial charge in [0.25, 0.3) is 0 Å². The quantitative estimate of drug-likeness (QED) is 0.879. The number of ether oxygens (including phenoxy) is 1. The molecule has 0 aliphatic rings. The van der Waals surface area contributed by atoms with Gasteiger partial charge in [-0.3, -0.25) is 0 Å². The van der Waals surface area contributed by atoms with Crippen LogP contribution in [-0.4, -0.2) is 23.3 Å². The van der Waals surface area contributed by atoms with Gasteiger partial charge < -0.3 is 14.4 Å². The first-order valence-corrected chi connectivity index (χ1v) is 5.25. The number of hydrogen-bond acceptors (Lipinski definition) is 4. The maximum absolute atomic E-state index is 13.8. The number of methoxy groups -OCH3 is 1. The number of carbonyl (C=O) groups is 1. The molecule has 100 valence electrons. The molecule has 0 aliphatic heterocycles. The predicted molar refractivity (Wildman–Crippen MR) is 60.4 cm³/mol. The molecular weight excluding hydrogens is 284 g/mol. The van der Waals surface area contributed by atoms with Gasteiger partial charge in [-0.1, -0.05) is 16.8 Å². The molecule has 1 aromatic heterocycles. The Hall–Kier alpha value is -2.15. The largest absolute Gasteiger partial charge is 0.492 e. The van der Waals surface area contributed by atoms with Crippen molar-refractivity contribution in [1.82, 2.24) is 5.16 Å². The van der Waals surface area contributed by atoms with Gasteiger partial charge in [0, 0.05) is 6.07 Å². The highest BCUT2D eigenvalue weighted by molar-refractivity contribution is 6.32. The van der Waals surface area contributed by atoms with Crippen LogP contribution in [0.5, 0.6) is 5.75 Å². The monoisotopic (exact) mass is 289 g/mol. The van der Waals surface area contributed by atoms with Crippen molar-refractivity contribution in [3.05, 3.63) is 34.5 Å². The van der Waals surface area contributed by atoms with Gasteiger partial charge in [-0.25, -0.2) is 9.18 Å². The van der Waals surface area contributed by atoms with Crippen LogP contribution >= 0.6 is 11.6 Å². The Morgan fingerprint density at radius 2 is 2.11 bits per heavy atom. The molecule has 19 heavy (non-hydrogen) atoms. The summed E-state index contributed by atoms with van der Waals surface area (Å²) >= 11 is 5.72. The fraction of sp³-hybridized carbons (Fsp3) is 0.0909. The molecule has 0 saturated carbocycles. The summed E-state index contributed by atoms with van der Waals surface area (Å²) < 4.78 is 36.6. The summed E-state index contributed by atoms with van der Waals surface area (Å²) in [6, 6.07) is 2.02.